The van der Waals surface area contributed by atoms with Gasteiger partial charge in [0.2, 0.25) is 0 Å². The molecule has 4 heteroatoms. The molecule has 0 aliphatic rings. The van der Waals surface area contributed by atoms with E-state index in [4.69, 9.17) is 5.73 Å². The Hall–Kier alpha value is -1.32. The molecule has 1 heterocycles. The van der Waals surface area contributed by atoms with Crippen molar-refractivity contribution in [1.82, 2.24) is 9.97 Å². The Balaban J connectivity index is 3.24. The molecule has 0 unspecified atom stereocenters. The maximum atomic E-state index is 5.61. The molecule has 0 saturated heterocycles. The minimum atomic E-state index is 0.543. The SMILES string of the molecule is CNc1nc(C)nc(N)c1C. The van der Waals surface area contributed by atoms with Gasteiger partial charge in [-0.05, 0) is 13.8 Å². The van der Waals surface area contributed by atoms with E-state index in [1.165, 1.54) is 0 Å². The average molecular weight is 152 g/mol. The first-order valence-corrected chi connectivity index (χ1v) is 3.43. The molecule has 1 aromatic rings. The molecule has 0 radical (unpaired) electrons. The molecular weight excluding hydrogens is 140 g/mol. The number of nitrogens with one attached hydrogen (secondary N) is 1. The molecule has 11 heavy (non-hydrogen) atoms. The Morgan fingerprint density at radius 3 is 2.45 bits per heavy atom. The standard InChI is InChI=1S/C7H12N4/c1-4-6(8)10-5(2)11-7(4)9-3/h1-3H3,(H3,8,9,10,11). The van der Waals surface area contributed by atoms with Crippen LogP contribution < -0.4 is 11.1 Å². The van der Waals surface area contributed by atoms with Gasteiger partial charge in [0.1, 0.15) is 17.5 Å². The summed E-state index contributed by atoms with van der Waals surface area (Å²) in [5.41, 5.74) is 6.51. The van der Waals surface area contributed by atoms with Gasteiger partial charge < -0.3 is 11.1 Å². The van der Waals surface area contributed by atoms with Gasteiger partial charge in [0.05, 0.1) is 0 Å². The van der Waals surface area contributed by atoms with Crippen molar-refractivity contribution in [3.8, 4) is 0 Å². The highest BCUT2D eigenvalue weighted by atomic mass is 15.0. The van der Waals surface area contributed by atoms with E-state index in [0.717, 1.165) is 11.4 Å². The van der Waals surface area contributed by atoms with Crippen molar-refractivity contribution >= 4 is 11.6 Å². The molecule has 1 rings (SSSR count). The van der Waals surface area contributed by atoms with Crippen LogP contribution in [0.3, 0.4) is 0 Å². The predicted octanol–water partition coefficient (Wildman–Crippen LogP) is 0.717. The van der Waals surface area contributed by atoms with E-state index in [1.807, 2.05) is 20.9 Å². The highest BCUT2D eigenvalue weighted by Gasteiger charge is 2.03. The van der Waals surface area contributed by atoms with Crippen molar-refractivity contribution in [3.63, 3.8) is 0 Å². The Kier molecular flexibility index (Phi) is 1.94. The number of hydrogen-bond donors (Lipinski definition) is 2. The Morgan fingerprint density at radius 1 is 1.27 bits per heavy atom. The topological polar surface area (TPSA) is 63.8 Å². The normalized spacial score (nSPS) is 9.73. The van der Waals surface area contributed by atoms with Crippen LogP contribution in [0.1, 0.15) is 11.4 Å². The lowest BCUT2D eigenvalue weighted by Crippen LogP contribution is -2.04. The lowest BCUT2D eigenvalue weighted by atomic mass is 10.3. The van der Waals surface area contributed by atoms with Crippen LogP contribution in [0.25, 0.3) is 0 Å². The van der Waals surface area contributed by atoms with Gasteiger partial charge in [0.15, 0.2) is 0 Å². The van der Waals surface area contributed by atoms with E-state index >= 15 is 0 Å². The Bertz CT molecular complexity index is 269. The van der Waals surface area contributed by atoms with E-state index in [2.05, 4.69) is 15.3 Å². The summed E-state index contributed by atoms with van der Waals surface area (Å²) in [6, 6.07) is 0. The van der Waals surface area contributed by atoms with Crippen LogP contribution in [0.5, 0.6) is 0 Å². The van der Waals surface area contributed by atoms with Crippen LogP contribution in [-0.2, 0) is 0 Å². The van der Waals surface area contributed by atoms with Gasteiger partial charge in [0.25, 0.3) is 0 Å². The lowest BCUT2D eigenvalue weighted by Gasteiger charge is -2.06. The molecule has 0 fully saturated rings. The third-order valence-corrected chi connectivity index (χ3v) is 1.53. The highest BCUT2D eigenvalue weighted by molar-refractivity contribution is 5.54. The molecule has 3 N–H and O–H groups in total. The van der Waals surface area contributed by atoms with Crippen molar-refractivity contribution in [2.45, 2.75) is 13.8 Å². The van der Waals surface area contributed by atoms with Crippen molar-refractivity contribution < 1.29 is 0 Å². The summed E-state index contributed by atoms with van der Waals surface area (Å²) in [5.74, 6) is 2.04. The molecule has 0 bridgehead atoms. The first-order chi connectivity index (χ1) is 5.15. The third kappa shape index (κ3) is 1.39. The van der Waals surface area contributed by atoms with Gasteiger partial charge in [-0.3, -0.25) is 0 Å². The minimum absolute atomic E-state index is 0.543. The first-order valence-electron chi connectivity index (χ1n) is 3.43. The van der Waals surface area contributed by atoms with Gasteiger partial charge in [0, 0.05) is 12.6 Å². The average Bonchev–Trinajstić information content (AvgIpc) is 1.96. The monoisotopic (exact) mass is 152 g/mol. The Labute approximate surface area is 65.9 Å². The van der Waals surface area contributed by atoms with Crippen molar-refractivity contribution in [3.05, 3.63) is 11.4 Å². The van der Waals surface area contributed by atoms with Gasteiger partial charge in [-0.25, -0.2) is 9.97 Å². The molecule has 0 aliphatic carbocycles. The van der Waals surface area contributed by atoms with Crippen LogP contribution in [-0.4, -0.2) is 17.0 Å². The summed E-state index contributed by atoms with van der Waals surface area (Å²) in [6.07, 6.45) is 0. The van der Waals surface area contributed by atoms with Crippen LogP contribution in [0.4, 0.5) is 11.6 Å². The van der Waals surface area contributed by atoms with Gasteiger partial charge >= 0.3 is 0 Å². The largest absolute Gasteiger partial charge is 0.383 e. The summed E-state index contributed by atoms with van der Waals surface area (Å²) in [7, 11) is 1.81. The highest BCUT2D eigenvalue weighted by Crippen LogP contribution is 2.15. The lowest BCUT2D eigenvalue weighted by molar-refractivity contribution is 1.04. The summed E-state index contributed by atoms with van der Waals surface area (Å²) in [5, 5.41) is 2.95. The number of anilines is 2. The number of hydrogen-bond acceptors (Lipinski definition) is 4. The van der Waals surface area contributed by atoms with Crippen molar-refractivity contribution in [1.29, 1.82) is 0 Å². The fourth-order valence-corrected chi connectivity index (χ4v) is 0.894. The maximum Gasteiger partial charge on any atom is 0.134 e. The number of nitrogens with two attached hydrogens (primary N) is 1. The van der Waals surface area contributed by atoms with E-state index in [-0.39, 0.29) is 0 Å². The van der Waals surface area contributed by atoms with Crippen LogP contribution in [0.2, 0.25) is 0 Å². The van der Waals surface area contributed by atoms with Crippen LogP contribution in [0.15, 0.2) is 0 Å². The number of rotatable bonds is 1. The van der Waals surface area contributed by atoms with Gasteiger partial charge in [-0.2, -0.15) is 0 Å². The number of nitrogens with zero attached hydrogens (tertiary/aromatic N) is 2. The maximum absolute atomic E-state index is 5.61. The number of nitrogen functional groups attached to an aromatic ring is 1. The molecule has 1 aromatic heterocycles. The predicted molar refractivity (Wildman–Crippen MR) is 45.5 cm³/mol. The molecule has 0 aromatic carbocycles. The molecule has 0 aliphatic heterocycles. The van der Waals surface area contributed by atoms with Crippen LogP contribution >= 0.6 is 0 Å². The summed E-state index contributed by atoms with van der Waals surface area (Å²) in [6.45, 7) is 3.71. The van der Waals surface area contributed by atoms with E-state index < -0.39 is 0 Å². The second-order valence-electron chi connectivity index (χ2n) is 2.38. The minimum Gasteiger partial charge on any atom is -0.383 e. The summed E-state index contributed by atoms with van der Waals surface area (Å²) in [4.78, 5) is 8.16. The quantitative estimate of drug-likeness (QED) is 0.622. The Morgan fingerprint density at radius 2 is 1.91 bits per heavy atom. The van der Waals surface area contributed by atoms with E-state index in [9.17, 15) is 0 Å². The van der Waals surface area contributed by atoms with Crippen molar-refractivity contribution in [2.24, 2.45) is 0 Å². The molecule has 0 amide bonds. The molecular formula is C7H12N4. The zero-order valence-corrected chi connectivity index (χ0v) is 6.97. The fourth-order valence-electron chi connectivity index (χ4n) is 0.894. The van der Waals surface area contributed by atoms with Crippen molar-refractivity contribution in [2.75, 3.05) is 18.1 Å². The molecule has 60 valence electrons. The summed E-state index contributed by atoms with van der Waals surface area (Å²) < 4.78 is 0. The molecule has 4 nitrogen and oxygen atoms in total. The molecule has 0 saturated carbocycles. The fraction of sp³-hybridized carbons (Fsp3) is 0.429. The first kappa shape index (κ1) is 7.78. The van der Waals surface area contributed by atoms with E-state index in [0.29, 0.717) is 11.6 Å². The number of aryl methyl sites for hydroxylation is 1. The van der Waals surface area contributed by atoms with E-state index in [1.54, 1.807) is 0 Å². The third-order valence-electron chi connectivity index (χ3n) is 1.53. The molecule has 0 spiro atoms. The zero-order valence-electron chi connectivity index (χ0n) is 6.97. The van der Waals surface area contributed by atoms with Gasteiger partial charge in [-0.1, -0.05) is 0 Å². The smallest absolute Gasteiger partial charge is 0.134 e. The number of aromatic nitrogens is 2. The second-order valence-corrected chi connectivity index (χ2v) is 2.38. The zero-order chi connectivity index (χ0) is 8.43. The van der Waals surface area contributed by atoms with Crippen LogP contribution in [0, 0.1) is 13.8 Å². The van der Waals surface area contributed by atoms with Gasteiger partial charge in [-0.15, -0.1) is 0 Å². The second kappa shape index (κ2) is 2.74. The summed E-state index contributed by atoms with van der Waals surface area (Å²) >= 11 is 0. The molecule has 0 atom stereocenters.